The van der Waals surface area contributed by atoms with E-state index in [1.165, 1.54) is 4.90 Å². The van der Waals surface area contributed by atoms with Gasteiger partial charge in [-0.3, -0.25) is 9.59 Å². The molecule has 86 valence electrons. The highest BCUT2D eigenvalue weighted by Crippen LogP contribution is 2.12. The van der Waals surface area contributed by atoms with Crippen LogP contribution in [-0.2, 0) is 9.59 Å². The van der Waals surface area contributed by atoms with E-state index in [0.717, 1.165) is 0 Å². The maximum atomic E-state index is 11.7. The predicted molar refractivity (Wildman–Crippen MR) is 57.0 cm³/mol. The van der Waals surface area contributed by atoms with Gasteiger partial charge in [0.25, 0.3) is 0 Å². The van der Waals surface area contributed by atoms with E-state index in [0.29, 0.717) is 19.6 Å². The number of rotatable bonds is 3. The van der Waals surface area contributed by atoms with Gasteiger partial charge < -0.3 is 15.5 Å². The molecule has 15 heavy (non-hydrogen) atoms. The monoisotopic (exact) mass is 213 g/mol. The third kappa shape index (κ3) is 2.47. The van der Waals surface area contributed by atoms with E-state index in [-0.39, 0.29) is 12.0 Å². The number of likely N-dealkylation sites (N-methyl/N-ethyl adjacent to an activating group) is 1. The first-order valence-electron chi connectivity index (χ1n) is 5.23. The molecule has 1 aliphatic heterocycles. The fraction of sp³-hybridized carbons (Fsp3) is 0.800. The molecule has 1 aliphatic rings. The molecule has 0 radical (unpaired) electrons. The van der Waals surface area contributed by atoms with Crippen molar-refractivity contribution >= 4 is 11.8 Å². The number of nitrogens with two attached hydrogens (primary N) is 1. The molecule has 0 aromatic rings. The summed E-state index contributed by atoms with van der Waals surface area (Å²) in [4.78, 5) is 26.2. The lowest BCUT2D eigenvalue weighted by Crippen LogP contribution is -2.58. The van der Waals surface area contributed by atoms with Crippen molar-refractivity contribution < 1.29 is 9.59 Å². The number of piperazine rings is 1. The van der Waals surface area contributed by atoms with E-state index in [1.54, 1.807) is 11.9 Å². The van der Waals surface area contributed by atoms with Crippen LogP contribution in [-0.4, -0.2) is 54.3 Å². The fourth-order valence-corrected chi connectivity index (χ4v) is 1.74. The summed E-state index contributed by atoms with van der Waals surface area (Å²) in [6.45, 7) is 5.62. The van der Waals surface area contributed by atoms with Gasteiger partial charge in [-0.05, 0) is 19.4 Å². The Balaban J connectivity index is 2.70. The van der Waals surface area contributed by atoms with Crippen molar-refractivity contribution in [1.29, 1.82) is 0 Å². The molecule has 1 rings (SSSR count). The quantitative estimate of drug-likeness (QED) is 0.629. The number of amides is 2. The van der Waals surface area contributed by atoms with Gasteiger partial charge in [-0.1, -0.05) is 6.92 Å². The van der Waals surface area contributed by atoms with Gasteiger partial charge in [-0.2, -0.15) is 0 Å². The third-order valence-corrected chi connectivity index (χ3v) is 2.77. The summed E-state index contributed by atoms with van der Waals surface area (Å²) in [6.07, 6.45) is 0. The molecular weight excluding hydrogens is 194 g/mol. The minimum Gasteiger partial charge on any atom is -0.335 e. The topological polar surface area (TPSA) is 66.6 Å². The second-order valence-electron chi connectivity index (χ2n) is 4.33. The first kappa shape index (κ1) is 12.0. The molecule has 0 aromatic heterocycles. The summed E-state index contributed by atoms with van der Waals surface area (Å²) >= 11 is 0. The van der Waals surface area contributed by atoms with Crippen molar-refractivity contribution in [2.75, 3.05) is 26.7 Å². The van der Waals surface area contributed by atoms with E-state index in [4.69, 9.17) is 5.73 Å². The molecular formula is C10H19N3O2. The SMILES string of the molecule is CC(CN)CN1C(=O)C(=O)N(C)CC1C. The van der Waals surface area contributed by atoms with Gasteiger partial charge in [0.1, 0.15) is 0 Å². The highest BCUT2D eigenvalue weighted by atomic mass is 16.2. The molecule has 1 saturated heterocycles. The van der Waals surface area contributed by atoms with Crippen LogP contribution in [0.25, 0.3) is 0 Å². The number of carbonyl (C=O) groups excluding carboxylic acids is 2. The second-order valence-corrected chi connectivity index (χ2v) is 4.33. The highest BCUT2D eigenvalue weighted by Gasteiger charge is 2.35. The molecule has 0 saturated carbocycles. The van der Waals surface area contributed by atoms with Gasteiger partial charge >= 0.3 is 11.8 Å². The minimum atomic E-state index is -0.419. The number of carbonyl (C=O) groups is 2. The zero-order valence-electron chi connectivity index (χ0n) is 9.56. The first-order valence-corrected chi connectivity index (χ1v) is 5.23. The molecule has 5 nitrogen and oxygen atoms in total. The van der Waals surface area contributed by atoms with Gasteiger partial charge in [0.15, 0.2) is 0 Å². The maximum Gasteiger partial charge on any atom is 0.312 e. The zero-order chi connectivity index (χ0) is 11.6. The Morgan fingerprint density at radius 2 is 2.07 bits per heavy atom. The molecule has 2 unspecified atom stereocenters. The lowest BCUT2D eigenvalue weighted by atomic mass is 10.1. The summed E-state index contributed by atoms with van der Waals surface area (Å²) < 4.78 is 0. The number of nitrogens with zero attached hydrogens (tertiary/aromatic N) is 2. The molecule has 1 fully saturated rings. The summed E-state index contributed by atoms with van der Waals surface area (Å²) in [6, 6.07) is 0.0780. The lowest BCUT2D eigenvalue weighted by Gasteiger charge is -2.38. The Bertz CT molecular complexity index is 267. The van der Waals surface area contributed by atoms with E-state index < -0.39 is 11.8 Å². The maximum absolute atomic E-state index is 11.7. The van der Waals surface area contributed by atoms with Gasteiger partial charge in [0.05, 0.1) is 0 Å². The van der Waals surface area contributed by atoms with Crippen LogP contribution >= 0.6 is 0 Å². The van der Waals surface area contributed by atoms with Crippen molar-refractivity contribution in [3.05, 3.63) is 0 Å². The highest BCUT2D eigenvalue weighted by molar-refractivity contribution is 6.35. The number of hydrogen-bond acceptors (Lipinski definition) is 3. The van der Waals surface area contributed by atoms with Crippen molar-refractivity contribution in [2.45, 2.75) is 19.9 Å². The summed E-state index contributed by atoms with van der Waals surface area (Å²) in [7, 11) is 1.65. The Morgan fingerprint density at radius 1 is 1.47 bits per heavy atom. The van der Waals surface area contributed by atoms with Gasteiger partial charge in [0, 0.05) is 26.2 Å². The molecule has 0 aliphatic carbocycles. The van der Waals surface area contributed by atoms with Crippen molar-refractivity contribution in [3.8, 4) is 0 Å². The predicted octanol–water partition coefficient (Wildman–Crippen LogP) is -0.730. The van der Waals surface area contributed by atoms with Crippen molar-refractivity contribution in [1.82, 2.24) is 9.80 Å². The zero-order valence-corrected chi connectivity index (χ0v) is 9.56. The van der Waals surface area contributed by atoms with Crippen molar-refractivity contribution in [3.63, 3.8) is 0 Å². The normalized spacial score (nSPS) is 24.7. The lowest BCUT2D eigenvalue weighted by molar-refractivity contribution is -0.157. The Labute approximate surface area is 90.2 Å². The van der Waals surface area contributed by atoms with Crippen LogP contribution in [0.5, 0.6) is 0 Å². The van der Waals surface area contributed by atoms with Crippen LogP contribution in [0.3, 0.4) is 0 Å². The van der Waals surface area contributed by atoms with E-state index in [9.17, 15) is 9.59 Å². The van der Waals surface area contributed by atoms with Crippen LogP contribution in [0.15, 0.2) is 0 Å². The first-order chi connectivity index (χ1) is 6.97. The molecule has 1 heterocycles. The largest absolute Gasteiger partial charge is 0.335 e. The molecule has 2 amide bonds. The third-order valence-electron chi connectivity index (χ3n) is 2.77. The number of hydrogen-bond donors (Lipinski definition) is 1. The molecule has 5 heteroatoms. The smallest absolute Gasteiger partial charge is 0.312 e. The Hall–Kier alpha value is -1.10. The van der Waals surface area contributed by atoms with Gasteiger partial charge in [-0.15, -0.1) is 0 Å². The van der Waals surface area contributed by atoms with E-state index in [2.05, 4.69) is 0 Å². The molecule has 0 spiro atoms. The second kappa shape index (κ2) is 4.61. The standard InChI is InChI=1S/C10H19N3O2/c1-7(4-11)5-13-8(2)6-12(3)9(14)10(13)15/h7-8H,4-6,11H2,1-3H3. The molecule has 2 N–H and O–H groups in total. The fourth-order valence-electron chi connectivity index (χ4n) is 1.74. The van der Waals surface area contributed by atoms with Crippen LogP contribution in [0.4, 0.5) is 0 Å². The van der Waals surface area contributed by atoms with Gasteiger partial charge in [-0.25, -0.2) is 0 Å². The minimum absolute atomic E-state index is 0.0780. The average molecular weight is 213 g/mol. The van der Waals surface area contributed by atoms with Crippen LogP contribution in [0.2, 0.25) is 0 Å². The van der Waals surface area contributed by atoms with Crippen LogP contribution in [0.1, 0.15) is 13.8 Å². The summed E-state index contributed by atoms with van der Waals surface area (Å²) in [5, 5.41) is 0. The van der Waals surface area contributed by atoms with Crippen LogP contribution < -0.4 is 5.73 Å². The Morgan fingerprint density at radius 3 is 2.60 bits per heavy atom. The van der Waals surface area contributed by atoms with Crippen LogP contribution in [0, 0.1) is 5.92 Å². The van der Waals surface area contributed by atoms with Gasteiger partial charge in [0.2, 0.25) is 0 Å². The van der Waals surface area contributed by atoms with Crippen molar-refractivity contribution in [2.24, 2.45) is 11.7 Å². The Kier molecular flexibility index (Phi) is 3.68. The van der Waals surface area contributed by atoms with E-state index >= 15 is 0 Å². The molecule has 0 bridgehead atoms. The molecule has 0 aromatic carbocycles. The summed E-state index contributed by atoms with van der Waals surface area (Å²) in [5.74, 6) is -0.596. The summed E-state index contributed by atoms with van der Waals surface area (Å²) in [5.41, 5.74) is 5.51. The van der Waals surface area contributed by atoms with E-state index in [1.807, 2.05) is 13.8 Å². The average Bonchev–Trinajstić information content (AvgIpc) is 2.21. The molecule has 2 atom stereocenters.